The first-order chi connectivity index (χ1) is 19.3. The van der Waals surface area contributed by atoms with Crippen molar-refractivity contribution in [3.8, 4) is 0 Å². The molecular formula is C33H60O8. The molecule has 0 bridgehead atoms. The number of epoxide rings is 2. The van der Waals surface area contributed by atoms with Gasteiger partial charge >= 0.3 is 0 Å². The molecule has 8 heteroatoms. The number of rotatable bonds is 18. The van der Waals surface area contributed by atoms with Gasteiger partial charge in [-0.15, -0.1) is 0 Å². The predicted molar refractivity (Wildman–Crippen MR) is 158 cm³/mol. The van der Waals surface area contributed by atoms with Gasteiger partial charge in [0.25, 0.3) is 0 Å². The van der Waals surface area contributed by atoms with Gasteiger partial charge in [0.05, 0.1) is 75.3 Å². The minimum atomic E-state index is -0.514. The first-order valence-electron chi connectivity index (χ1n) is 16.4. The van der Waals surface area contributed by atoms with Crippen molar-refractivity contribution >= 4 is 0 Å². The summed E-state index contributed by atoms with van der Waals surface area (Å²) in [7, 11) is 0. The van der Waals surface area contributed by atoms with Crippen LogP contribution in [0, 0.1) is 17.3 Å². The van der Waals surface area contributed by atoms with Crippen LogP contribution in [0.2, 0.25) is 0 Å². The van der Waals surface area contributed by atoms with E-state index in [-0.39, 0.29) is 35.6 Å². The highest BCUT2D eigenvalue weighted by Gasteiger charge is 2.41. The van der Waals surface area contributed by atoms with Crippen molar-refractivity contribution in [1.29, 1.82) is 0 Å². The number of aliphatic hydroxyl groups is 2. The summed E-state index contributed by atoms with van der Waals surface area (Å²) in [5, 5.41) is 21.1. The lowest BCUT2D eigenvalue weighted by Crippen LogP contribution is -2.40. The largest absolute Gasteiger partial charge is 0.391 e. The minimum absolute atomic E-state index is 0.237. The van der Waals surface area contributed by atoms with Crippen molar-refractivity contribution in [2.75, 3.05) is 39.6 Å². The molecule has 8 nitrogen and oxygen atoms in total. The molecule has 41 heavy (non-hydrogen) atoms. The molecule has 2 saturated carbocycles. The Morgan fingerprint density at radius 3 is 1.27 bits per heavy atom. The smallest absolute Gasteiger partial charge is 0.104 e. The zero-order chi connectivity index (χ0) is 29.7. The van der Waals surface area contributed by atoms with E-state index >= 15 is 0 Å². The number of ether oxygens (including phenoxy) is 6. The number of hydrogen-bond donors (Lipinski definition) is 2. The van der Waals surface area contributed by atoms with Crippen LogP contribution >= 0.6 is 0 Å². The van der Waals surface area contributed by atoms with Crippen molar-refractivity contribution in [3.05, 3.63) is 0 Å². The first kappa shape index (κ1) is 33.6. The minimum Gasteiger partial charge on any atom is -0.391 e. The number of aliphatic hydroxyl groups excluding tert-OH is 2. The fourth-order valence-corrected chi connectivity index (χ4v) is 7.11. The van der Waals surface area contributed by atoms with E-state index in [9.17, 15) is 10.2 Å². The van der Waals surface area contributed by atoms with Gasteiger partial charge in [-0.3, -0.25) is 0 Å². The van der Waals surface area contributed by atoms with E-state index in [4.69, 9.17) is 28.4 Å². The van der Waals surface area contributed by atoms with Gasteiger partial charge in [0.2, 0.25) is 0 Å². The van der Waals surface area contributed by atoms with Crippen LogP contribution in [-0.2, 0) is 28.4 Å². The fraction of sp³-hybridized carbons (Fsp3) is 1.00. The molecule has 2 N–H and O–H groups in total. The maximum absolute atomic E-state index is 10.6. The predicted octanol–water partition coefficient (Wildman–Crippen LogP) is 5.05. The maximum atomic E-state index is 10.6. The van der Waals surface area contributed by atoms with Gasteiger partial charge < -0.3 is 38.6 Å². The maximum Gasteiger partial charge on any atom is 0.104 e. The van der Waals surface area contributed by atoms with E-state index in [1.54, 1.807) is 0 Å². The zero-order valence-electron chi connectivity index (χ0n) is 26.8. The van der Waals surface area contributed by atoms with Gasteiger partial charge in [-0.2, -0.15) is 0 Å². The van der Waals surface area contributed by atoms with E-state index in [2.05, 4.69) is 13.8 Å². The van der Waals surface area contributed by atoms with Gasteiger partial charge in [0, 0.05) is 12.8 Å². The molecule has 2 aliphatic heterocycles. The molecule has 0 aromatic carbocycles. The van der Waals surface area contributed by atoms with Crippen LogP contribution in [0.1, 0.15) is 106 Å². The molecule has 0 amide bonds. The summed E-state index contributed by atoms with van der Waals surface area (Å²) < 4.78 is 34.6. The summed E-state index contributed by atoms with van der Waals surface area (Å²) in [5.74, 6) is 1.41. The summed E-state index contributed by atoms with van der Waals surface area (Å²) in [6.07, 6.45) is 10.1. The summed E-state index contributed by atoms with van der Waals surface area (Å²) >= 11 is 0. The monoisotopic (exact) mass is 584 g/mol. The number of hydrogen-bond acceptors (Lipinski definition) is 8. The van der Waals surface area contributed by atoms with Crippen LogP contribution in [0.15, 0.2) is 0 Å². The lowest BCUT2D eigenvalue weighted by atomic mass is 9.60. The quantitative estimate of drug-likeness (QED) is 0.216. The molecule has 0 aromatic heterocycles. The lowest BCUT2D eigenvalue weighted by Gasteiger charge is -2.46. The highest BCUT2D eigenvalue weighted by Crippen LogP contribution is 2.49. The van der Waals surface area contributed by atoms with Crippen molar-refractivity contribution < 1.29 is 38.6 Å². The van der Waals surface area contributed by atoms with E-state index in [1.165, 1.54) is 25.7 Å². The molecule has 2 aliphatic carbocycles. The van der Waals surface area contributed by atoms with Crippen LogP contribution in [-0.4, -0.2) is 97.7 Å². The summed E-state index contributed by atoms with van der Waals surface area (Å²) in [4.78, 5) is 0. The molecule has 4 rings (SSSR count). The standard InChI is InChI=1S/C33H60O8/c1-31(2,40-21-29-19-38-29)15-25(34)17-36-27-11-7-23(8-12-27)33(5,6)24-9-13-28(14-10-24)37-18-26(35)16-32(3,4)41-22-30-20-39-30/h23-30,34-35H,7-22H2,1-6H3. The van der Waals surface area contributed by atoms with E-state index in [0.717, 1.165) is 38.9 Å². The SMILES string of the molecule is CC(C)(CC(O)COC1CCC(C(C)(C)C2CCC(OCC(O)CC(C)(C)OCC3CO3)CC2)CC1)OCC1CO1. The topological polar surface area (TPSA) is 102 Å². The highest BCUT2D eigenvalue weighted by atomic mass is 16.6. The second-order valence-corrected chi connectivity index (χ2v) is 15.2. The lowest BCUT2D eigenvalue weighted by molar-refractivity contribution is -0.0911. The second-order valence-electron chi connectivity index (χ2n) is 15.2. The second kappa shape index (κ2) is 14.6. The summed E-state index contributed by atoms with van der Waals surface area (Å²) in [6, 6.07) is 0. The van der Waals surface area contributed by atoms with E-state index in [1.807, 2.05) is 27.7 Å². The molecule has 4 unspecified atom stereocenters. The third-order valence-electron chi connectivity index (χ3n) is 10.1. The van der Waals surface area contributed by atoms with E-state index < -0.39 is 12.2 Å². The average molecular weight is 585 g/mol. The van der Waals surface area contributed by atoms with Crippen LogP contribution < -0.4 is 0 Å². The highest BCUT2D eigenvalue weighted by molar-refractivity contribution is 4.91. The van der Waals surface area contributed by atoms with Crippen LogP contribution in [0.25, 0.3) is 0 Å². The molecule has 4 fully saturated rings. The molecule has 4 aliphatic rings. The van der Waals surface area contributed by atoms with Crippen molar-refractivity contribution in [3.63, 3.8) is 0 Å². The Bertz CT molecular complexity index is 699. The third kappa shape index (κ3) is 11.6. The molecule has 0 spiro atoms. The third-order valence-corrected chi connectivity index (χ3v) is 10.1. The Balaban J connectivity index is 1.08. The van der Waals surface area contributed by atoms with Crippen LogP contribution in [0.3, 0.4) is 0 Å². The first-order valence-corrected chi connectivity index (χ1v) is 16.4. The van der Waals surface area contributed by atoms with Crippen molar-refractivity contribution in [2.45, 2.75) is 154 Å². The fourth-order valence-electron chi connectivity index (χ4n) is 7.11. The van der Waals surface area contributed by atoms with E-state index in [0.29, 0.717) is 56.5 Å². The van der Waals surface area contributed by atoms with Gasteiger partial charge in [-0.25, -0.2) is 0 Å². The van der Waals surface area contributed by atoms with Gasteiger partial charge in [-0.1, -0.05) is 13.8 Å². The molecule has 0 radical (unpaired) electrons. The van der Waals surface area contributed by atoms with Crippen molar-refractivity contribution in [2.24, 2.45) is 17.3 Å². The Kier molecular flexibility index (Phi) is 12.0. The Morgan fingerprint density at radius 1 is 0.610 bits per heavy atom. The van der Waals surface area contributed by atoms with Crippen molar-refractivity contribution in [1.82, 2.24) is 0 Å². The summed E-state index contributed by atoms with van der Waals surface area (Å²) in [5.41, 5.74) is -0.455. The van der Waals surface area contributed by atoms with Gasteiger partial charge in [0.1, 0.15) is 12.2 Å². The molecule has 240 valence electrons. The Labute approximate surface area is 249 Å². The Hall–Kier alpha value is -0.320. The molecular weight excluding hydrogens is 524 g/mol. The molecule has 2 saturated heterocycles. The Morgan fingerprint density at radius 2 is 0.951 bits per heavy atom. The molecule has 0 aromatic rings. The molecule has 4 atom stereocenters. The normalized spacial score (nSPS) is 32.5. The zero-order valence-corrected chi connectivity index (χ0v) is 26.8. The van der Waals surface area contributed by atoms with Crippen LogP contribution in [0.4, 0.5) is 0 Å². The average Bonchev–Trinajstić information content (AvgIpc) is 3.84. The van der Waals surface area contributed by atoms with Crippen LogP contribution in [0.5, 0.6) is 0 Å². The summed E-state index contributed by atoms with van der Waals surface area (Å²) in [6.45, 7) is 16.6. The van der Waals surface area contributed by atoms with Gasteiger partial charge in [-0.05, 0) is 96.3 Å². The van der Waals surface area contributed by atoms with Gasteiger partial charge in [0.15, 0.2) is 0 Å². The molecule has 2 heterocycles.